The number of para-hydroxylation sites is 1. The molecule has 0 aliphatic heterocycles. The van der Waals surface area contributed by atoms with Crippen LogP contribution in [0.2, 0.25) is 0 Å². The number of hydrogen-bond acceptors (Lipinski definition) is 4. The Labute approximate surface area is 130 Å². The van der Waals surface area contributed by atoms with Crippen molar-refractivity contribution in [3.8, 4) is 0 Å². The average Bonchev–Trinajstić information content (AvgIpc) is 2.52. The van der Waals surface area contributed by atoms with E-state index in [0.29, 0.717) is 5.69 Å². The maximum absolute atomic E-state index is 12.5. The van der Waals surface area contributed by atoms with Crippen molar-refractivity contribution in [1.29, 1.82) is 0 Å². The van der Waals surface area contributed by atoms with Crippen LogP contribution in [0.1, 0.15) is 24.3 Å². The first-order valence-corrected chi connectivity index (χ1v) is 8.99. The number of carbonyl (C=O) groups excluding carboxylic acids is 1. The van der Waals surface area contributed by atoms with E-state index < -0.39 is 15.9 Å². The molecule has 118 valence electrons. The highest BCUT2D eigenvalue weighted by molar-refractivity contribution is 7.91. The summed E-state index contributed by atoms with van der Waals surface area (Å²) in [6, 6.07) is 10.7. The third kappa shape index (κ3) is 3.62. The van der Waals surface area contributed by atoms with E-state index in [-0.39, 0.29) is 17.4 Å². The van der Waals surface area contributed by atoms with Crippen LogP contribution >= 0.6 is 0 Å². The van der Waals surface area contributed by atoms with Crippen molar-refractivity contribution in [1.82, 2.24) is 9.88 Å². The fourth-order valence-electron chi connectivity index (χ4n) is 2.16. The molecule has 1 aromatic carbocycles. The van der Waals surface area contributed by atoms with Gasteiger partial charge in [0.15, 0.2) is 9.84 Å². The zero-order valence-electron chi connectivity index (χ0n) is 13.0. The van der Waals surface area contributed by atoms with Gasteiger partial charge in [-0.15, -0.1) is 0 Å². The molecule has 0 bridgehead atoms. The zero-order valence-corrected chi connectivity index (χ0v) is 13.8. The first-order valence-electron chi connectivity index (χ1n) is 7.17. The SMILES string of the molecule is CCS(=O)(=O)CC(C)N(C)C(=O)c1ccc2ccccc2n1. The summed E-state index contributed by atoms with van der Waals surface area (Å²) in [5, 5.41) is 0.961. The van der Waals surface area contributed by atoms with E-state index in [1.54, 1.807) is 27.0 Å². The van der Waals surface area contributed by atoms with Crippen LogP contribution in [0.5, 0.6) is 0 Å². The van der Waals surface area contributed by atoms with Gasteiger partial charge in [0.25, 0.3) is 5.91 Å². The van der Waals surface area contributed by atoms with Gasteiger partial charge >= 0.3 is 0 Å². The Morgan fingerprint density at radius 1 is 1.23 bits per heavy atom. The van der Waals surface area contributed by atoms with Gasteiger partial charge in [0.05, 0.1) is 11.3 Å². The van der Waals surface area contributed by atoms with Gasteiger partial charge in [-0.25, -0.2) is 13.4 Å². The topological polar surface area (TPSA) is 67.3 Å². The molecular weight excluding hydrogens is 300 g/mol. The molecule has 2 rings (SSSR count). The van der Waals surface area contributed by atoms with Crippen LogP contribution in [0, 0.1) is 0 Å². The molecule has 5 nitrogen and oxygen atoms in total. The zero-order chi connectivity index (χ0) is 16.3. The van der Waals surface area contributed by atoms with Crippen LogP contribution in [0.25, 0.3) is 10.9 Å². The first kappa shape index (κ1) is 16.4. The van der Waals surface area contributed by atoms with Gasteiger partial charge in [-0.2, -0.15) is 0 Å². The van der Waals surface area contributed by atoms with E-state index in [4.69, 9.17) is 0 Å². The smallest absolute Gasteiger partial charge is 0.272 e. The lowest BCUT2D eigenvalue weighted by Crippen LogP contribution is -2.40. The second-order valence-corrected chi connectivity index (χ2v) is 7.75. The highest BCUT2D eigenvalue weighted by Crippen LogP contribution is 2.14. The van der Waals surface area contributed by atoms with E-state index >= 15 is 0 Å². The monoisotopic (exact) mass is 320 g/mol. The maximum atomic E-state index is 12.5. The number of rotatable bonds is 5. The Hall–Kier alpha value is -1.95. The molecule has 0 fully saturated rings. The highest BCUT2D eigenvalue weighted by Gasteiger charge is 2.23. The van der Waals surface area contributed by atoms with Gasteiger partial charge in [0.2, 0.25) is 0 Å². The van der Waals surface area contributed by atoms with Crippen molar-refractivity contribution in [3.63, 3.8) is 0 Å². The quantitative estimate of drug-likeness (QED) is 0.846. The van der Waals surface area contributed by atoms with Crippen LogP contribution in [-0.4, -0.2) is 48.8 Å². The highest BCUT2D eigenvalue weighted by atomic mass is 32.2. The molecule has 1 atom stereocenters. The van der Waals surface area contributed by atoms with Crippen LogP contribution in [0.3, 0.4) is 0 Å². The summed E-state index contributed by atoms with van der Waals surface area (Å²) in [6.45, 7) is 3.33. The number of benzene rings is 1. The summed E-state index contributed by atoms with van der Waals surface area (Å²) in [5.74, 6) is -0.239. The summed E-state index contributed by atoms with van der Waals surface area (Å²) in [4.78, 5) is 18.3. The van der Waals surface area contributed by atoms with E-state index in [9.17, 15) is 13.2 Å². The minimum Gasteiger partial charge on any atom is -0.337 e. The van der Waals surface area contributed by atoms with Crippen LogP contribution in [0.4, 0.5) is 0 Å². The Kier molecular flexibility index (Phi) is 4.81. The van der Waals surface area contributed by atoms with Crippen molar-refractivity contribution in [2.45, 2.75) is 19.9 Å². The van der Waals surface area contributed by atoms with Crippen LogP contribution < -0.4 is 0 Å². The summed E-state index contributed by atoms with van der Waals surface area (Å²) < 4.78 is 23.4. The number of pyridine rings is 1. The van der Waals surface area contributed by atoms with Crippen molar-refractivity contribution >= 4 is 26.6 Å². The molecule has 6 heteroatoms. The van der Waals surface area contributed by atoms with Crippen molar-refractivity contribution < 1.29 is 13.2 Å². The second kappa shape index (κ2) is 6.44. The second-order valence-electron chi connectivity index (χ2n) is 5.35. The largest absolute Gasteiger partial charge is 0.337 e. The average molecular weight is 320 g/mol. The van der Waals surface area contributed by atoms with E-state index in [2.05, 4.69) is 4.98 Å². The van der Waals surface area contributed by atoms with Crippen molar-refractivity contribution in [2.24, 2.45) is 0 Å². The minimum absolute atomic E-state index is 0.0423. The summed E-state index contributed by atoms with van der Waals surface area (Å²) in [7, 11) is -1.52. The lowest BCUT2D eigenvalue weighted by Gasteiger charge is -2.24. The predicted molar refractivity (Wildman–Crippen MR) is 87.6 cm³/mol. The lowest BCUT2D eigenvalue weighted by molar-refractivity contribution is 0.0751. The normalized spacial score (nSPS) is 13.0. The molecule has 1 unspecified atom stereocenters. The molecule has 0 aliphatic rings. The number of carbonyl (C=O) groups is 1. The van der Waals surface area contributed by atoms with E-state index in [1.807, 2.05) is 30.3 Å². The summed E-state index contributed by atoms with van der Waals surface area (Å²) in [6.07, 6.45) is 0. The predicted octanol–water partition coefficient (Wildman–Crippen LogP) is 2.13. The molecule has 0 radical (unpaired) electrons. The molecule has 1 heterocycles. The Morgan fingerprint density at radius 3 is 2.59 bits per heavy atom. The molecule has 0 saturated heterocycles. The Morgan fingerprint density at radius 2 is 1.91 bits per heavy atom. The minimum atomic E-state index is -3.13. The van der Waals surface area contributed by atoms with Crippen LogP contribution in [0.15, 0.2) is 36.4 Å². The number of hydrogen-bond donors (Lipinski definition) is 0. The molecule has 0 aliphatic carbocycles. The van der Waals surface area contributed by atoms with Crippen LogP contribution in [-0.2, 0) is 9.84 Å². The molecular formula is C16H20N2O3S. The van der Waals surface area contributed by atoms with Gasteiger partial charge in [0, 0.05) is 24.2 Å². The standard InChI is InChI=1S/C16H20N2O3S/c1-4-22(20,21)11-12(2)18(3)16(19)15-10-9-13-7-5-6-8-14(13)17-15/h5-10,12H,4,11H2,1-3H3. The number of sulfone groups is 1. The Balaban J connectivity index is 2.21. The van der Waals surface area contributed by atoms with Gasteiger partial charge < -0.3 is 4.90 Å². The fourth-order valence-corrected chi connectivity index (χ4v) is 3.36. The first-order chi connectivity index (χ1) is 10.3. The third-order valence-corrected chi connectivity index (χ3v) is 5.60. The molecule has 22 heavy (non-hydrogen) atoms. The maximum Gasteiger partial charge on any atom is 0.272 e. The molecule has 2 aromatic rings. The van der Waals surface area contributed by atoms with Gasteiger partial charge in [-0.3, -0.25) is 4.79 Å². The van der Waals surface area contributed by atoms with Gasteiger partial charge in [0.1, 0.15) is 5.69 Å². The number of amides is 1. The number of nitrogens with zero attached hydrogens (tertiary/aromatic N) is 2. The lowest BCUT2D eigenvalue weighted by atomic mass is 10.2. The van der Waals surface area contributed by atoms with Gasteiger partial charge in [-0.1, -0.05) is 31.2 Å². The van der Waals surface area contributed by atoms with E-state index in [0.717, 1.165) is 10.9 Å². The summed E-state index contributed by atoms with van der Waals surface area (Å²) >= 11 is 0. The molecule has 0 saturated carbocycles. The number of fused-ring (bicyclic) bond motifs is 1. The summed E-state index contributed by atoms with van der Waals surface area (Å²) in [5.41, 5.74) is 1.07. The molecule has 1 amide bonds. The molecule has 0 spiro atoms. The number of aromatic nitrogens is 1. The van der Waals surface area contributed by atoms with Crippen molar-refractivity contribution in [3.05, 3.63) is 42.1 Å². The fraction of sp³-hybridized carbons (Fsp3) is 0.375. The van der Waals surface area contributed by atoms with E-state index in [1.165, 1.54) is 4.90 Å². The Bertz CT molecular complexity index is 787. The third-order valence-electron chi connectivity index (χ3n) is 3.73. The molecule has 1 aromatic heterocycles. The van der Waals surface area contributed by atoms with Crippen molar-refractivity contribution in [2.75, 3.05) is 18.6 Å². The molecule has 0 N–H and O–H groups in total. The van der Waals surface area contributed by atoms with Gasteiger partial charge in [-0.05, 0) is 19.1 Å².